The smallest absolute Gasteiger partial charge is 0.226 e. The highest BCUT2D eigenvalue weighted by atomic mass is 35.5. The van der Waals surface area contributed by atoms with Gasteiger partial charge in [-0.2, -0.15) is 0 Å². The summed E-state index contributed by atoms with van der Waals surface area (Å²) in [6.07, 6.45) is 4.21. The third kappa shape index (κ3) is 4.22. The van der Waals surface area contributed by atoms with Crippen LogP contribution in [0.2, 0.25) is 5.02 Å². The molecule has 0 aliphatic rings. The molecular weight excluding hydrogens is 336 g/mol. The minimum atomic E-state index is -0.108. The maximum absolute atomic E-state index is 12.6. The van der Waals surface area contributed by atoms with Crippen molar-refractivity contribution in [2.45, 2.75) is 12.5 Å². The Bertz CT molecular complexity index is 829. The van der Waals surface area contributed by atoms with Gasteiger partial charge in [0, 0.05) is 12.4 Å². The van der Waals surface area contributed by atoms with Gasteiger partial charge in [-0.15, -0.1) is 0 Å². The van der Waals surface area contributed by atoms with Crippen molar-refractivity contribution < 1.29 is 9.53 Å². The molecule has 128 valence electrons. The van der Waals surface area contributed by atoms with Crippen LogP contribution in [-0.2, 0) is 4.79 Å². The first-order valence-corrected chi connectivity index (χ1v) is 8.36. The third-order valence-electron chi connectivity index (χ3n) is 4.01. The number of nitrogens with one attached hydrogen (secondary N) is 1. The van der Waals surface area contributed by atoms with E-state index in [0.29, 0.717) is 17.1 Å². The standard InChI is InChI=1S/C20H19ClN2O2/c1-25-16-10-8-15(9-11-16)19(23-12-4-5-13-23)14-20(24)22-18-7-3-2-6-17(18)21/h2-13,19H,14H2,1H3,(H,22,24). The lowest BCUT2D eigenvalue weighted by Gasteiger charge is -2.20. The molecule has 5 heteroatoms. The molecule has 1 atom stereocenters. The molecule has 0 saturated carbocycles. The predicted octanol–water partition coefficient (Wildman–Crippen LogP) is 4.77. The van der Waals surface area contributed by atoms with Gasteiger partial charge in [-0.05, 0) is 42.0 Å². The van der Waals surface area contributed by atoms with Gasteiger partial charge in [0.2, 0.25) is 5.91 Å². The van der Waals surface area contributed by atoms with E-state index >= 15 is 0 Å². The zero-order chi connectivity index (χ0) is 17.6. The first-order chi connectivity index (χ1) is 12.2. The molecule has 0 saturated heterocycles. The number of para-hydroxylation sites is 1. The Hall–Kier alpha value is -2.72. The van der Waals surface area contributed by atoms with Gasteiger partial charge < -0.3 is 14.6 Å². The van der Waals surface area contributed by atoms with Crippen LogP contribution in [-0.4, -0.2) is 17.6 Å². The Morgan fingerprint density at radius 2 is 1.76 bits per heavy atom. The molecule has 3 aromatic rings. The van der Waals surface area contributed by atoms with Gasteiger partial charge in [0.15, 0.2) is 0 Å². The molecule has 0 fully saturated rings. The Kier molecular flexibility index (Phi) is 5.41. The summed E-state index contributed by atoms with van der Waals surface area (Å²) in [5.74, 6) is 0.693. The largest absolute Gasteiger partial charge is 0.497 e. The normalized spacial score (nSPS) is 11.8. The van der Waals surface area contributed by atoms with Crippen molar-refractivity contribution in [1.29, 1.82) is 0 Å². The van der Waals surface area contributed by atoms with Crippen molar-refractivity contribution in [3.63, 3.8) is 0 Å². The maximum atomic E-state index is 12.6. The number of amides is 1. The molecule has 0 spiro atoms. The minimum Gasteiger partial charge on any atom is -0.497 e. The molecule has 25 heavy (non-hydrogen) atoms. The number of carbonyl (C=O) groups excluding carboxylic acids is 1. The van der Waals surface area contributed by atoms with E-state index in [9.17, 15) is 4.79 Å². The number of ether oxygens (including phenoxy) is 1. The fourth-order valence-electron chi connectivity index (χ4n) is 2.72. The molecule has 0 bridgehead atoms. The van der Waals surface area contributed by atoms with Crippen LogP contribution in [0.15, 0.2) is 73.1 Å². The van der Waals surface area contributed by atoms with E-state index in [-0.39, 0.29) is 11.9 Å². The lowest BCUT2D eigenvalue weighted by molar-refractivity contribution is -0.116. The van der Waals surface area contributed by atoms with E-state index in [1.54, 1.807) is 19.2 Å². The maximum Gasteiger partial charge on any atom is 0.226 e. The summed E-state index contributed by atoms with van der Waals surface area (Å²) < 4.78 is 7.23. The van der Waals surface area contributed by atoms with Crippen molar-refractivity contribution in [3.8, 4) is 5.75 Å². The summed E-state index contributed by atoms with van der Waals surface area (Å²) >= 11 is 6.12. The molecule has 1 aromatic heterocycles. The SMILES string of the molecule is COc1ccc(C(CC(=O)Nc2ccccc2Cl)n2cccc2)cc1. The highest BCUT2D eigenvalue weighted by Crippen LogP contribution is 2.26. The monoisotopic (exact) mass is 354 g/mol. The van der Waals surface area contributed by atoms with E-state index in [1.165, 1.54) is 0 Å². The third-order valence-corrected chi connectivity index (χ3v) is 4.34. The van der Waals surface area contributed by atoms with Crippen molar-refractivity contribution in [3.05, 3.63) is 83.6 Å². The number of aromatic nitrogens is 1. The minimum absolute atomic E-state index is 0.0948. The Morgan fingerprint density at radius 1 is 1.08 bits per heavy atom. The van der Waals surface area contributed by atoms with Crippen molar-refractivity contribution >= 4 is 23.2 Å². The summed E-state index contributed by atoms with van der Waals surface area (Å²) in [5, 5.41) is 3.41. The number of halogens is 1. The average molecular weight is 355 g/mol. The van der Waals surface area contributed by atoms with Gasteiger partial charge >= 0.3 is 0 Å². The molecule has 3 rings (SSSR count). The molecule has 0 radical (unpaired) electrons. The molecule has 1 N–H and O–H groups in total. The van der Waals surface area contributed by atoms with Gasteiger partial charge in [-0.1, -0.05) is 35.9 Å². The van der Waals surface area contributed by atoms with Gasteiger partial charge in [0.25, 0.3) is 0 Å². The molecule has 1 amide bonds. The second-order valence-corrected chi connectivity index (χ2v) is 6.06. The van der Waals surface area contributed by atoms with Crippen LogP contribution in [0.1, 0.15) is 18.0 Å². The van der Waals surface area contributed by atoms with Crippen LogP contribution >= 0.6 is 11.6 Å². The molecule has 0 aliphatic heterocycles. The topological polar surface area (TPSA) is 43.3 Å². The van der Waals surface area contributed by atoms with E-state index in [1.807, 2.05) is 65.5 Å². The number of rotatable bonds is 6. The second kappa shape index (κ2) is 7.90. The summed E-state index contributed by atoms with van der Waals surface area (Å²) in [6, 6.07) is 18.8. The summed E-state index contributed by atoms with van der Waals surface area (Å²) in [7, 11) is 1.63. The summed E-state index contributed by atoms with van der Waals surface area (Å²) in [6.45, 7) is 0. The first-order valence-electron chi connectivity index (χ1n) is 7.98. The fraction of sp³-hybridized carbons (Fsp3) is 0.150. The molecular formula is C20H19ClN2O2. The first kappa shape index (κ1) is 17.1. The van der Waals surface area contributed by atoms with E-state index in [2.05, 4.69) is 5.32 Å². The highest BCUT2D eigenvalue weighted by Gasteiger charge is 2.18. The number of carbonyl (C=O) groups is 1. The van der Waals surface area contributed by atoms with Crippen LogP contribution < -0.4 is 10.1 Å². The van der Waals surface area contributed by atoms with Gasteiger partial charge in [0.1, 0.15) is 5.75 Å². The van der Waals surface area contributed by atoms with Crippen molar-refractivity contribution in [2.75, 3.05) is 12.4 Å². The Balaban J connectivity index is 1.80. The van der Waals surface area contributed by atoms with E-state index in [0.717, 1.165) is 11.3 Å². The van der Waals surface area contributed by atoms with E-state index in [4.69, 9.17) is 16.3 Å². The van der Waals surface area contributed by atoms with Gasteiger partial charge in [-0.3, -0.25) is 4.79 Å². The Morgan fingerprint density at radius 3 is 2.40 bits per heavy atom. The van der Waals surface area contributed by atoms with Crippen LogP contribution in [0.25, 0.3) is 0 Å². The summed E-state index contributed by atoms with van der Waals surface area (Å²) in [5.41, 5.74) is 1.65. The average Bonchev–Trinajstić information content (AvgIpc) is 3.16. The van der Waals surface area contributed by atoms with Crippen molar-refractivity contribution in [1.82, 2.24) is 4.57 Å². The molecule has 0 aliphatic carbocycles. The molecule has 2 aromatic carbocycles. The number of methoxy groups -OCH3 is 1. The zero-order valence-electron chi connectivity index (χ0n) is 13.9. The van der Waals surface area contributed by atoms with Crippen LogP contribution in [0, 0.1) is 0 Å². The second-order valence-electron chi connectivity index (χ2n) is 5.65. The zero-order valence-corrected chi connectivity index (χ0v) is 14.6. The number of hydrogen-bond donors (Lipinski definition) is 1. The van der Waals surface area contributed by atoms with Crippen LogP contribution in [0.5, 0.6) is 5.75 Å². The van der Waals surface area contributed by atoms with E-state index < -0.39 is 0 Å². The van der Waals surface area contributed by atoms with Crippen LogP contribution in [0.4, 0.5) is 5.69 Å². The number of anilines is 1. The summed E-state index contributed by atoms with van der Waals surface area (Å²) in [4.78, 5) is 12.6. The van der Waals surface area contributed by atoms with Crippen molar-refractivity contribution in [2.24, 2.45) is 0 Å². The van der Waals surface area contributed by atoms with Gasteiger partial charge in [-0.25, -0.2) is 0 Å². The fourth-order valence-corrected chi connectivity index (χ4v) is 2.90. The number of nitrogens with zero attached hydrogens (tertiary/aromatic N) is 1. The Labute approximate surface area is 152 Å². The van der Waals surface area contributed by atoms with Crippen LogP contribution in [0.3, 0.4) is 0 Å². The highest BCUT2D eigenvalue weighted by molar-refractivity contribution is 6.33. The van der Waals surface area contributed by atoms with Gasteiger partial charge in [0.05, 0.1) is 30.3 Å². The predicted molar refractivity (Wildman–Crippen MR) is 100 cm³/mol. The molecule has 1 heterocycles. The quantitative estimate of drug-likeness (QED) is 0.693. The lowest BCUT2D eigenvalue weighted by Crippen LogP contribution is -2.19. The number of benzene rings is 2. The molecule has 4 nitrogen and oxygen atoms in total. The lowest BCUT2D eigenvalue weighted by atomic mass is 10.0. The number of hydrogen-bond acceptors (Lipinski definition) is 2. The molecule has 1 unspecified atom stereocenters.